The number of para-hydroxylation sites is 1. The predicted molar refractivity (Wildman–Crippen MR) is 106 cm³/mol. The number of ether oxygens (including phenoxy) is 1. The van der Waals surface area contributed by atoms with Gasteiger partial charge >= 0.3 is 0 Å². The average molecular weight is 392 g/mol. The first-order chi connectivity index (χ1) is 14.1. The Morgan fingerprint density at radius 1 is 1.17 bits per heavy atom. The number of hydrogen-bond donors (Lipinski definition) is 0. The highest BCUT2D eigenvalue weighted by Gasteiger charge is 2.37. The van der Waals surface area contributed by atoms with Crippen molar-refractivity contribution < 1.29 is 14.3 Å². The van der Waals surface area contributed by atoms with Crippen molar-refractivity contribution in [3.8, 4) is 5.75 Å². The molecule has 4 heterocycles. The number of fused-ring (bicyclic) bond motifs is 2. The van der Waals surface area contributed by atoms with Crippen LogP contribution in [0.25, 0.3) is 0 Å². The highest BCUT2D eigenvalue weighted by Crippen LogP contribution is 2.32. The Morgan fingerprint density at radius 3 is 2.76 bits per heavy atom. The van der Waals surface area contributed by atoms with E-state index in [9.17, 15) is 9.59 Å². The molecule has 0 spiro atoms. The number of nitrogens with zero attached hydrogens (tertiary/aromatic N) is 4. The quantitative estimate of drug-likeness (QED) is 0.746. The van der Waals surface area contributed by atoms with Crippen LogP contribution in [-0.2, 0) is 29.0 Å². The Morgan fingerprint density at radius 2 is 1.97 bits per heavy atom. The molecule has 0 bridgehead atoms. The summed E-state index contributed by atoms with van der Waals surface area (Å²) in [6.45, 7) is 4.64. The first-order valence-electron chi connectivity index (χ1n) is 10.1. The topological polar surface area (TPSA) is 67.7 Å². The summed E-state index contributed by atoms with van der Waals surface area (Å²) >= 11 is 0. The van der Waals surface area contributed by atoms with Crippen molar-refractivity contribution in [1.82, 2.24) is 19.4 Å². The lowest BCUT2D eigenvalue weighted by Gasteiger charge is -2.35. The molecule has 1 aromatic carbocycles. The number of hydrogen-bond acceptors (Lipinski definition) is 4. The second-order valence-corrected chi connectivity index (χ2v) is 7.86. The van der Waals surface area contributed by atoms with Gasteiger partial charge in [-0.25, -0.2) is 4.98 Å². The third-order valence-corrected chi connectivity index (χ3v) is 5.99. The maximum absolute atomic E-state index is 13.1. The molecule has 7 heteroatoms. The molecule has 7 nitrogen and oxygen atoms in total. The molecular formula is C22H24N4O3. The van der Waals surface area contributed by atoms with E-state index >= 15 is 0 Å². The Balaban J connectivity index is 1.28. The fraction of sp³-hybridized carbons (Fsp3) is 0.409. The van der Waals surface area contributed by atoms with E-state index in [4.69, 9.17) is 9.72 Å². The number of rotatable bonds is 3. The number of carbonyl (C=O) groups is 2. The summed E-state index contributed by atoms with van der Waals surface area (Å²) in [5.74, 6) is 1.73. The molecular weight excluding hydrogens is 368 g/mol. The molecule has 0 saturated carbocycles. The second-order valence-electron chi connectivity index (χ2n) is 7.86. The van der Waals surface area contributed by atoms with Crippen LogP contribution >= 0.6 is 0 Å². The lowest BCUT2D eigenvalue weighted by atomic mass is 10.1. The van der Waals surface area contributed by atoms with E-state index in [0.717, 1.165) is 22.8 Å². The smallest absolute Gasteiger partial charge is 0.264 e. The minimum absolute atomic E-state index is 0.00344. The molecule has 150 valence electrons. The van der Waals surface area contributed by atoms with Crippen LogP contribution in [-0.4, -0.2) is 56.9 Å². The van der Waals surface area contributed by atoms with Crippen LogP contribution in [0.3, 0.4) is 0 Å². The van der Waals surface area contributed by atoms with Gasteiger partial charge in [0.15, 0.2) is 6.10 Å². The van der Waals surface area contributed by atoms with E-state index in [1.165, 1.54) is 0 Å². The van der Waals surface area contributed by atoms with E-state index in [2.05, 4.69) is 4.57 Å². The first kappa shape index (κ1) is 18.0. The second kappa shape index (κ2) is 7.06. The van der Waals surface area contributed by atoms with Crippen molar-refractivity contribution in [3.05, 3.63) is 59.7 Å². The van der Waals surface area contributed by atoms with Gasteiger partial charge in [-0.1, -0.05) is 30.4 Å². The van der Waals surface area contributed by atoms with E-state index in [0.29, 0.717) is 39.0 Å². The molecule has 5 rings (SSSR count). The van der Waals surface area contributed by atoms with E-state index in [-0.39, 0.29) is 17.9 Å². The Kier molecular flexibility index (Phi) is 4.38. The summed E-state index contributed by atoms with van der Waals surface area (Å²) in [6, 6.07) is 7.66. The van der Waals surface area contributed by atoms with Crippen molar-refractivity contribution in [2.45, 2.75) is 38.5 Å². The Hall–Kier alpha value is -3.09. The van der Waals surface area contributed by atoms with Crippen molar-refractivity contribution in [2.24, 2.45) is 0 Å². The van der Waals surface area contributed by atoms with Gasteiger partial charge in [-0.05, 0) is 18.6 Å². The third-order valence-electron chi connectivity index (χ3n) is 5.99. The highest BCUT2D eigenvalue weighted by atomic mass is 16.5. The Labute approximate surface area is 169 Å². The van der Waals surface area contributed by atoms with Gasteiger partial charge in [0.05, 0.1) is 18.2 Å². The van der Waals surface area contributed by atoms with Crippen molar-refractivity contribution in [3.63, 3.8) is 0 Å². The van der Waals surface area contributed by atoms with Crippen LogP contribution in [0.4, 0.5) is 0 Å². The molecule has 2 amide bonds. The van der Waals surface area contributed by atoms with Gasteiger partial charge in [0.1, 0.15) is 11.6 Å². The molecule has 0 fully saturated rings. The first-order valence-corrected chi connectivity index (χ1v) is 10.1. The zero-order valence-corrected chi connectivity index (χ0v) is 16.5. The summed E-state index contributed by atoms with van der Waals surface area (Å²) < 4.78 is 7.97. The number of carbonyl (C=O) groups excluding carboxylic acids is 2. The lowest BCUT2D eigenvalue weighted by molar-refractivity contribution is -0.141. The standard InChI is InChI=1S/C22H24N4O3/c1-15-21-23-17(13-20(27)24-8-4-5-9-24)14-25(21)10-11-26(15)22(28)19-12-16-6-2-3-7-18(16)29-19/h2-7,14-15,19H,8-13H2,1H3/t15-,19+/m1/s1. The van der Waals surface area contributed by atoms with Crippen LogP contribution in [0.2, 0.25) is 0 Å². The molecule has 0 saturated heterocycles. The zero-order valence-electron chi connectivity index (χ0n) is 16.5. The maximum Gasteiger partial charge on any atom is 0.264 e. The van der Waals surface area contributed by atoms with Crippen LogP contribution in [0.15, 0.2) is 42.6 Å². The third kappa shape index (κ3) is 3.20. The molecule has 0 radical (unpaired) electrons. The van der Waals surface area contributed by atoms with Crippen LogP contribution < -0.4 is 4.74 Å². The number of benzene rings is 1. The molecule has 3 aliphatic rings. The van der Waals surface area contributed by atoms with Crippen molar-refractivity contribution >= 4 is 11.8 Å². The van der Waals surface area contributed by atoms with Gasteiger partial charge < -0.3 is 19.1 Å². The van der Waals surface area contributed by atoms with Crippen LogP contribution in [0.5, 0.6) is 5.75 Å². The average Bonchev–Trinajstić information content (AvgIpc) is 3.46. The fourth-order valence-corrected chi connectivity index (χ4v) is 4.39. The normalized spacial score (nSPS) is 22.4. The van der Waals surface area contributed by atoms with E-state index < -0.39 is 6.10 Å². The monoisotopic (exact) mass is 392 g/mol. The molecule has 1 aromatic heterocycles. The van der Waals surface area contributed by atoms with E-state index in [1.54, 1.807) is 0 Å². The van der Waals surface area contributed by atoms with Gasteiger partial charge in [-0.2, -0.15) is 0 Å². The molecule has 0 unspecified atom stereocenters. The molecule has 0 N–H and O–H groups in total. The molecule has 3 aliphatic heterocycles. The number of imidazole rings is 1. The lowest BCUT2D eigenvalue weighted by Crippen LogP contribution is -2.47. The van der Waals surface area contributed by atoms with Crippen molar-refractivity contribution in [2.75, 3.05) is 19.6 Å². The van der Waals surface area contributed by atoms with Gasteiger partial charge in [-0.15, -0.1) is 0 Å². The van der Waals surface area contributed by atoms with Crippen LogP contribution in [0, 0.1) is 0 Å². The molecule has 29 heavy (non-hydrogen) atoms. The highest BCUT2D eigenvalue weighted by molar-refractivity contribution is 5.83. The fourth-order valence-electron chi connectivity index (χ4n) is 4.39. The number of aromatic nitrogens is 2. The van der Waals surface area contributed by atoms with E-state index in [1.807, 2.05) is 59.3 Å². The summed E-state index contributed by atoms with van der Waals surface area (Å²) in [5, 5.41) is 0. The summed E-state index contributed by atoms with van der Waals surface area (Å²) in [6.07, 6.45) is 6.40. The molecule has 2 atom stereocenters. The largest absolute Gasteiger partial charge is 0.480 e. The molecule has 2 aromatic rings. The van der Waals surface area contributed by atoms with Gasteiger partial charge in [0.2, 0.25) is 5.91 Å². The predicted octanol–water partition coefficient (Wildman–Crippen LogP) is 1.73. The van der Waals surface area contributed by atoms with Gasteiger partial charge in [0, 0.05) is 38.8 Å². The zero-order chi connectivity index (χ0) is 20.0. The number of amides is 2. The Bertz CT molecular complexity index is 963. The minimum Gasteiger partial charge on any atom is -0.480 e. The van der Waals surface area contributed by atoms with Gasteiger partial charge in [-0.3, -0.25) is 9.59 Å². The summed E-state index contributed by atoms with van der Waals surface area (Å²) in [5.41, 5.74) is 1.84. The summed E-state index contributed by atoms with van der Waals surface area (Å²) in [7, 11) is 0. The maximum atomic E-state index is 13.1. The van der Waals surface area contributed by atoms with Crippen LogP contribution in [0.1, 0.15) is 30.0 Å². The minimum atomic E-state index is -0.472. The molecule has 0 aliphatic carbocycles. The van der Waals surface area contributed by atoms with Gasteiger partial charge in [0.25, 0.3) is 5.91 Å². The SMILES string of the molecule is C[C@@H]1c2nc(CC(=O)N3CC=CC3)cn2CCN1C(=O)[C@@H]1Cc2ccccc2O1. The van der Waals surface area contributed by atoms with Crippen molar-refractivity contribution in [1.29, 1.82) is 0 Å². The summed E-state index contributed by atoms with van der Waals surface area (Å²) in [4.78, 5) is 33.9.